The van der Waals surface area contributed by atoms with Crippen LogP contribution < -0.4 is 5.32 Å². The smallest absolute Gasteiger partial charge is 0.0591 e. The Balaban J connectivity index is 2.11. The van der Waals surface area contributed by atoms with Gasteiger partial charge in [-0.1, -0.05) is 6.92 Å². The van der Waals surface area contributed by atoms with E-state index in [2.05, 4.69) is 24.1 Å². The van der Waals surface area contributed by atoms with Gasteiger partial charge >= 0.3 is 0 Å². The van der Waals surface area contributed by atoms with Crippen molar-refractivity contribution >= 4 is 0 Å². The second-order valence-corrected chi connectivity index (χ2v) is 6.48. The monoisotopic (exact) mass is 256 g/mol. The predicted molar refractivity (Wildman–Crippen MR) is 77.9 cm³/mol. The van der Waals surface area contributed by atoms with Crippen LogP contribution in [0.5, 0.6) is 0 Å². The van der Waals surface area contributed by atoms with Gasteiger partial charge in [0.1, 0.15) is 0 Å². The van der Waals surface area contributed by atoms with E-state index in [1.807, 2.05) is 13.8 Å². The molecule has 1 aliphatic rings. The zero-order chi connectivity index (χ0) is 13.6. The van der Waals surface area contributed by atoms with E-state index in [1.165, 1.54) is 32.5 Å². The van der Waals surface area contributed by atoms with E-state index in [0.29, 0.717) is 12.1 Å². The van der Waals surface area contributed by atoms with Gasteiger partial charge in [-0.15, -0.1) is 0 Å². The summed E-state index contributed by atoms with van der Waals surface area (Å²) in [4.78, 5) is 2.52. The largest absolute Gasteiger partial charge is 0.390 e. The first-order valence-corrected chi connectivity index (χ1v) is 7.61. The second kappa shape index (κ2) is 7.46. The molecule has 2 N–H and O–H groups in total. The van der Waals surface area contributed by atoms with Crippen LogP contribution in [0.4, 0.5) is 0 Å². The van der Waals surface area contributed by atoms with Crippen LogP contribution in [0.25, 0.3) is 0 Å². The minimum absolute atomic E-state index is 0.508. The lowest BCUT2D eigenvalue weighted by Crippen LogP contribution is -2.45. The van der Waals surface area contributed by atoms with Gasteiger partial charge in [-0.2, -0.15) is 0 Å². The molecule has 3 nitrogen and oxygen atoms in total. The van der Waals surface area contributed by atoms with E-state index >= 15 is 0 Å². The molecule has 18 heavy (non-hydrogen) atoms. The van der Waals surface area contributed by atoms with Gasteiger partial charge in [0.25, 0.3) is 0 Å². The predicted octanol–water partition coefficient (Wildman–Crippen LogP) is 2.39. The van der Waals surface area contributed by atoms with Crippen LogP contribution in [-0.2, 0) is 0 Å². The Morgan fingerprint density at radius 2 is 1.94 bits per heavy atom. The maximum Gasteiger partial charge on any atom is 0.0591 e. The Morgan fingerprint density at radius 3 is 2.44 bits per heavy atom. The number of hydrogen-bond donors (Lipinski definition) is 2. The van der Waals surface area contributed by atoms with Crippen molar-refractivity contribution < 1.29 is 5.11 Å². The van der Waals surface area contributed by atoms with Crippen LogP contribution >= 0.6 is 0 Å². The lowest BCUT2D eigenvalue weighted by molar-refractivity contribution is 0.0672. The summed E-state index contributed by atoms with van der Waals surface area (Å²) in [6.07, 6.45) is 5.73. The van der Waals surface area contributed by atoms with E-state index in [-0.39, 0.29) is 0 Å². The normalized spacial score (nSPS) is 21.2. The van der Waals surface area contributed by atoms with Crippen LogP contribution in [0.3, 0.4) is 0 Å². The highest BCUT2D eigenvalue weighted by Crippen LogP contribution is 2.15. The summed E-state index contributed by atoms with van der Waals surface area (Å²) in [6, 6.07) is 1.27. The number of rotatable bonds is 7. The fraction of sp³-hybridized carbons (Fsp3) is 1.00. The molecule has 0 amide bonds. The Kier molecular flexibility index (Phi) is 6.61. The van der Waals surface area contributed by atoms with Crippen LogP contribution in [0, 0.1) is 0 Å². The minimum atomic E-state index is -0.508. The van der Waals surface area contributed by atoms with Crippen molar-refractivity contribution in [2.45, 2.75) is 77.5 Å². The lowest BCUT2D eigenvalue weighted by Gasteiger charge is -2.33. The highest BCUT2D eigenvalue weighted by atomic mass is 16.3. The molecule has 0 aromatic carbocycles. The van der Waals surface area contributed by atoms with Gasteiger partial charge in [-0.05, 0) is 72.5 Å². The molecule has 1 heterocycles. The van der Waals surface area contributed by atoms with Crippen LogP contribution in [0.15, 0.2) is 0 Å². The first-order valence-electron chi connectivity index (χ1n) is 7.61. The van der Waals surface area contributed by atoms with Crippen molar-refractivity contribution in [2.75, 3.05) is 19.6 Å². The summed E-state index contributed by atoms with van der Waals surface area (Å²) < 4.78 is 0. The molecular formula is C15H32N2O. The quantitative estimate of drug-likeness (QED) is 0.734. The molecule has 0 spiro atoms. The van der Waals surface area contributed by atoms with Gasteiger partial charge in [0, 0.05) is 12.1 Å². The van der Waals surface area contributed by atoms with Crippen molar-refractivity contribution in [1.29, 1.82) is 0 Å². The molecule has 1 saturated heterocycles. The number of nitrogens with zero attached hydrogens (tertiary/aromatic N) is 1. The third-order valence-electron chi connectivity index (χ3n) is 3.98. The lowest BCUT2D eigenvalue weighted by atomic mass is 9.98. The van der Waals surface area contributed by atoms with Gasteiger partial charge in [-0.3, -0.25) is 0 Å². The van der Waals surface area contributed by atoms with Gasteiger partial charge in [0.2, 0.25) is 0 Å². The van der Waals surface area contributed by atoms with Gasteiger partial charge in [-0.25, -0.2) is 0 Å². The van der Waals surface area contributed by atoms with E-state index in [4.69, 9.17) is 0 Å². The van der Waals surface area contributed by atoms with Crippen molar-refractivity contribution in [3.63, 3.8) is 0 Å². The van der Waals surface area contributed by atoms with Gasteiger partial charge < -0.3 is 15.3 Å². The molecule has 1 aliphatic heterocycles. The highest BCUT2D eigenvalue weighted by molar-refractivity contribution is 4.79. The molecule has 0 aromatic rings. The SMILES string of the molecule is CCN1CCC(N[C@@H](C)CCCC(C)(C)O)CC1. The van der Waals surface area contributed by atoms with E-state index in [9.17, 15) is 5.11 Å². The summed E-state index contributed by atoms with van der Waals surface area (Å²) in [6.45, 7) is 12.0. The molecule has 108 valence electrons. The molecule has 1 atom stereocenters. The summed E-state index contributed by atoms with van der Waals surface area (Å²) in [5, 5.41) is 13.4. The van der Waals surface area contributed by atoms with E-state index < -0.39 is 5.60 Å². The number of nitrogens with one attached hydrogen (secondary N) is 1. The first kappa shape index (κ1) is 15.9. The Bertz CT molecular complexity index is 217. The number of aliphatic hydroxyl groups is 1. The van der Waals surface area contributed by atoms with Gasteiger partial charge in [0.15, 0.2) is 0 Å². The zero-order valence-corrected chi connectivity index (χ0v) is 12.7. The first-order chi connectivity index (χ1) is 8.40. The maximum absolute atomic E-state index is 9.68. The Morgan fingerprint density at radius 1 is 1.33 bits per heavy atom. The summed E-state index contributed by atoms with van der Waals surface area (Å²) in [7, 11) is 0. The fourth-order valence-corrected chi connectivity index (χ4v) is 2.74. The second-order valence-electron chi connectivity index (χ2n) is 6.48. The van der Waals surface area contributed by atoms with Crippen LogP contribution in [-0.4, -0.2) is 47.3 Å². The average molecular weight is 256 g/mol. The minimum Gasteiger partial charge on any atom is -0.390 e. The molecule has 0 saturated carbocycles. The third kappa shape index (κ3) is 6.72. The van der Waals surface area contributed by atoms with Crippen molar-refractivity contribution in [2.24, 2.45) is 0 Å². The molecule has 0 aliphatic carbocycles. The van der Waals surface area contributed by atoms with E-state index in [1.54, 1.807) is 0 Å². The third-order valence-corrected chi connectivity index (χ3v) is 3.98. The average Bonchev–Trinajstić information content (AvgIpc) is 2.28. The molecule has 1 fully saturated rings. The number of hydrogen-bond acceptors (Lipinski definition) is 3. The Hall–Kier alpha value is -0.120. The molecule has 0 unspecified atom stereocenters. The zero-order valence-electron chi connectivity index (χ0n) is 12.7. The van der Waals surface area contributed by atoms with Crippen LogP contribution in [0.2, 0.25) is 0 Å². The molecule has 3 heteroatoms. The van der Waals surface area contributed by atoms with Crippen molar-refractivity contribution in [3.05, 3.63) is 0 Å². The standard InChI is InChI=1S/C15H32N2O/c1-5-17-11-8-14(9-12-17)16-13(2)7-6-10-15(3,4)18/h13-14,16,18H,5-12H2,1-4H3/t13-/m0/s1. The fourth-order valence-electron chi connectivity index (χ4n) is 2.74. The molecule has 0 radical (unpaired) electrons. The Labute approximate surface area is 113 Å². The summed E-state index contributed by atoms with van der Waals surface area (Å²) >= 11 is 0. The number of piperidine rings is 1. The van der Waals surface area contributed by atoms with E-state index in [0.717, 1.165) is 19.3 Å². The highest BCUT2D eigenvalue weighted by Gasteiger charge is 2.19. The number of likely N-dealkylation sites (tertiary alicyclic amines) is 1. The topological polar surface area (TPSA) is 35.5 Å². The maximum atomic E-state index is 9.68. The summed E-state index contributed by atoms with van der Waals surface area (Å²) in [5.74, 6) is 0. The molecular weight excluding hydrogens is 224 g/mol. The molecule has 1 rings (SSSR count). The van der Waals surface area contributed by atoms with Gasteiger partial charge in [0.05, 0.1) is 5.60 Å². The summed E-state index contributed by atoms with van der Waals surface area (Å²) in [5.41, 5.74) is -0.508. The molecule has 0 bridgehead atoms. The van der Waals surface area contributed by atoms with Crippen molar-refractivity contribution in [1.82, 2.24) is 10.2 Å². The van der Waals surface area contributed by atoms with Crippen LogP contribution in [0.1, 0.15) is 59.8 Å². The van der Waals surface area contributed by atoms with Crippen molar-refractivity contribution in [3.8, 4) is 0 Å². The molecule has 0 aromatic heterocycles.